The second-order valence-electron chi connectivity index (χ2n) is 17.1. The van der Waals surface area contributed by atoms with Gasteiger partial charge in [-0.05, 0) is 97.5 Å². The number of likely N-dealkylation sites (tertiary alicyclic amines) is 2. The van der Waals surface area contributed by atoms with Gasteiger partial charge < -0.3 is 30.7 Å². The first-order valence-electron chi connectivity index (χ1n) is 22.9. The molecule has 2 amide bonds. The zero-order chi connectivity index (χ0) is 49.6. The predicted molar refractivity (Wildman–Crippen MR) is 262 cm³/mol. The zero-order valence-corrected chi connectivity index (χ0v) is 38.5. The number of anilines is 2. The molecule has 0 unspecified atom stereocenters. The van der Waals surface area contributed by atoms with Gasteiger partial charge in [-0.2, -0.15) is 10.2 Å². The van der Waals surface area contributed by atoms with Crippen LogP contribution >= 0.6 is 0 Å². The van der Waals surface area contributed by atoms with E-state index < -0.39 is 11.6 Å². The lowest BCUT2D eigenvalue weighted by Gasteiger charge is -2.32. The third-order valence-corrected chi connectivity index (χ3v) is 12.4. The maximum absolute atomic E-state index is 15.0. The summed E-state index contributed by atoms with van der Waals surface area (Å²) < 4.78 is 58.2. The predicted octanol–water partition coefficient (Wildman–Crippen LogP) is 8.43. The number of aromatic nitrogens is 8. The molecule has 4 aromatic heterocycles. The molecule has 10 rings (SSSR count). The molecule has 19 heteroatoms. The molecule has 362 valence electrons. The van der Waals surface area contributed by atoms with Crippen molar-refractivity contribution in [1.29, 1.82) is 0 Å². The van der Waals surface area contributed by atoms with Crippen LogP contribution in [0.25, 0.3) is 44.6 Å². The molecule has 71 heavy (non-hydrogen) atoms. The summed E-state index contributed by atoms with van der Waals surface area (Å²) in [5, 5.41) is 10.6. The second kappa shape index (κ2) is 20.9. The van der Waals surface area contributed by atoms with Crippen molar-refractivity contribution in [2.24, 2.45) is 0 Å². The van der Waals surface area contributed by atoms with Crippen molar-refractivity contribution >= 4 is 45.5 Å². The summed E-state index contributed by atoms with van der Waals surface area (Å²) in [4.78, 5) is 44.9. The third-order valence-electron chi connectivity index (χ3n) is 12.4. The Balaban J connectivity index is 0.000000176. The number of carbonyl (C=O) groups is 2. The molecule has 4 aromatic carbocycles. The van der Waals surface area contributed by atoms with Gasteiger partial charge in [0, 0.05) is 37.3 Å². The van der Waals surface area contributed by atoms with Crippen LogP contribution in [0.3, 0.4) is 0 Å². The first-order valence-corrected chi connectivity index (χ1v) is 22.9. The van der Waals surface area contributed by atoms with Gasteiger partial charge in [-0.1, -0.05) is 55.6 Å². The fraction of sp³-hybridized carbons (Fsp3) is 0.231. The van der Waals surface area contributed by atoms with Gasteiger partial charge >= 0.3 is 0 Å². The Kier molecular flexibility index (Phi) is 14.0. The van der Waals surface area contributed by atoms with Gasteiger partial charge in [0.15, 0.2) is 34.4 Å². The molecule has 2 aliphatic rings. The number of halogens is 3. The van der Waals surface area contributed by atoms with E-state index in [2.05, 4.69) is 33.1 Å². The highest BCUT2D eigenvalue weighted by Gasteiger charge is 2.30. The van der Waals surface area contributed by atoms with Gasteiger partial charge in [0.25, 0.3) is 0 Å². The van der Waals surface area contributed by atoms with Crippen LogP contribution in [0.4, 0.5) is 24.8 Å². The average Bonchev–Trinajstić information content (AvgIpc) is 3.99. The Bertz CT molecular complexity index is 3270. The summed E-state index contributed by atoms with van der Waals surface area (Å²) in [5.74, 6) is -1.07. The van der Waals surface area contributed by atoms with Gasteiger partial charge in [-0.3, -0.25) is 9.59 Å². The molecule has 0 radical (unpaired) electrons. The SMILES string of the molecule is C=CC(=O)N1CCC[C@@H](n2nc(-c3ccc(OCc4cccc(F)c4)c(F)c3)c3c(N)ncnc32)C1.C=CC(=O)N1CCC[C@@H](n2nc(-c3ccc(OCc4ccccc4)c(F)c3)c3c(N)ncnc32)C1. The molecule has 2 atom stereocenters. The number of amides is 2. The molecule has 4 N–H and O–H groups in total. The highest BCUT2D eigenvalue weighted by Crippen LogP contribution is 2.37. The molecule has 2 aliphatic heterocycles. The smallest absolute Gasteiger partial charge is 0.246 e. The number of benzene rings is 4. The van der Waals surface area contributed by atoms with Crippen LogP contribution in [0.2, 0.25) is 0 Å². The van der Waals surface area contributed by atoms with Crippen LogP contribution in [0, 0.1) is 17.5 Å². The van der Waals surface area contributed by atoms with Gasteiger partial charge in [0.2, 0.25) is 11.8 Å². The topological polar surface area (TPSA) is 198 Å². The number of nitrogens with two attached hydrogens (primary N) is 2. The summed E-state index contributed by atoms with van der Waals surface area (Å²) in [6.07, 6.45) is 8.60. The van der Waals surface area contributed by atoms with Crippen molar-refractivity contribution in [2.45, 2.75) is 51.0 Å². The Morgan fingerprint density at radius 1 is 0.620 bits per heavy atom. The Hall–Kier alpha value is -8.61. The van der Waals surface area contributed by atoms with Gasteiger partial charge in [-0.25, -0.2) is 42.5 Å². The van der Waals surface area contributed by atoms with Gasteiger partial charge in [0.05, 0.1) is 22.9 Å². The average molecular weight is 963 g/mol. The van der Waals surface area contributed by atoms with E-state index in [1.54, 1.807) is 49.5 Å². The van der Waals surface area contributed by atoms with Gasteiger partial charge in [0.1, 0.15) is 54.7 Å². The van der Waals surface area contributed by atoms with E-state index in [-0.39, 0.29) is 66.1 Å². The lowest BCUT2D eigenvalue weighted by molar-refractivity contribution is -0.128. The molecular weight excluding hydrogens is 914 g/mol. The largest absolute Gasteiger partial charge is 0.486 e. The number of hydrogen-bond acceptors (Lipinski definition) is 12. The maximum Gasteiger partial charge on any atom is 0.246 e. The summed E-state index contributed by atoms with van der Waals surface area (Å²) >= 11 is 0. The van der Waals surface area contributed by atoms with E-state index in [1.807, 2.05) is 30.3 Å². The van der Waals surface area contributed by atoms with E-state index in [9.17, 15) is 14.0 Å². The van der Waals surface area contributed by atoms with Crippen molar-refractivity contribution in [3.8, 4) is 34.0 Å². The summed E-state index contributed by atoms with van der Waals surface area (Å²) in [7, 11) is 0. The molecule has 0 bridgehead atoms. The van der Waals surface area contributed by atoms with E-state index in [0.717, 1.165) is 31.2 Å². The second-order valence-corrected chi connectivity index (χ2v) is 17.1. The molecule has 0 saturated carbocycles. The molecule has 2 saturated heterocycles. The van der Waals surface area contributed by atoms with Crippen LogP contribution in [0.15, 0.2) is 129 Å². The Morgan fingerprint density at radius 3 is 1.56 bits per heavy atom. The zero-order valence-electron chi connectivity index (χ0n) is 38.5. The highest BCUT2D eigenvalue weighted by atomic mass is 19.1. The summed E-state index contributed by atoms with van der Waals surface area (Å²) in [5.41, 5.74) is 16.9. The number of hydrogen-bond donors (Lipinski definition) is 2. The number of rotatable bonds is 12. The molecule has 8 aromatic rings. The lowest BCUT2D eigenvalue weighted by atomic mass is 10.1. The van der Waals surface area contributed by atoms with E-state index in [0.29, 0.717) is 76.3 Å². The monoisotopic (exact) mass is 962 g/mol. The van der Waals surface area contributed by atoms with E-state index in [4.69, 9.17) is 31.1 Å². The van der Waals surface area contributed by atoms with E-state index in [1.165, 1.54) is 55.1 Å². The first kappa shape index (κ1) is 47.5. The lowest BCUT2D eigenvalue weighted by Crippen LogP contribution is -2.40. The van der Waals surface area contributed by atoms with E-state index >= 15 is 8.78 Å². The number of nitrogen functional groups attached to an aromatic ring is 2. The quantitative estimate of drug-likeness (QED) is 0.111. The van der Waals surface area contributed by atoms with Crippen molar-refractivity contribution < 1.29 is 32.2 Å². The number of fused-ring (bicyclic) bond motifs is 2. The number of nitrogens with zero attached hydrogens (tertiary/aromatic N) is 10. The van der Waals surface area contributed by atoms with Crippen molar-refractivity contribution in [2.75, 3.05) is 37.6 Å². The third kappa shape index (κ3) is 10.2. The van der Waals surface area contributed by atoms with Crippen LogP contribution in [-0.2, 0) is 22.8 Å². The molecule has 6 heterocycles. The standard InChI is InChI=1S/C26H24F2N6O2.C26H25FN6O2/c1-2-22(35)33-10-4-7-19(13-33)34-26-23(25(29)30-15-31-26)24(32-34)17-8-9-21(20(28)12-17)36-14-16-5-3-6-18(27)11-16;1-2-22(34)32-12-6-9-19(14-32)33-26-23(25(28)29-16-30-26)24(31-33)18-10-11-21(20(27)13-18)35-15-17-7-4-3-5-8-17/h2-3,5-6,8-9,11-12,15,19H,1,4,7,10,13-14H2,(H2,29,30,31);2-5,7-8,10-11,13,16,19H,1,6,9,12,14-15H2,(H2,28,29,30)/t2*19-/m11/s1. The van der Waals surface area contributed by atoms with Crippen LogP contribution < -0.4 is 20.9 Å². The van der Waals surface area contributed by atoms with Crippen LogP contribution in [-0.4, -0.2) is 87.3 Å². The minimum Gasteiger partial charge on any atom is -0.486 e. The maximum atomic E-state index is 15.0. The van der Waals surface area contributed by atoms with Crippen molar-refractivity contribution in [3.05, 3.63) is 158 Å². The van der Waals surface area contributed by atoms with Crippen LogP contribution in [0.1, 0.15) is 48.9 Å². The normalized spacial score (nSPS) is 15.8. The summed E-state index contributed by atoms with van der Waals surface area (Å²) in [6.45, 7) is 9.69. The molecule has 0 aliphatic carbocycles. The minimum absolute atomic E-state index is 0.0218. The highest BCUT2D eigenvalue weighted by molar-refractivity contribution is 5.99. The minimum atomic E-state index is -0.595. The summed E-state index contributed by atoms with van der Waals surface area (Å²) in [6, 6.07) is 24.5. The van der Waals surface area contributed by atoms with Crippen LogP contribution in [0.5, 0.6) is 11.5 Å². The fourth-order valence-corrected chi connectivity index (χ4v) is 8.92. The first-order chi connectivity index (χ1) is 34.5. The Morgan fingerprint density at radius 2 is 1.10 bits per heavy atom. The Labute approximate surface area is 406 Å². The van der Waals surface area contributed by atoms with Crippen molar-refractivity contribution in [1.82, 2.24) is 49.3 Å². The van der Waals surface area contributed by atoms with Crippen molar-refractivity contribution in [3.63, 3.8) is 0 Å². The van der Waals surface area contributed by atoms with Gasteiger partial charge in [-0.15, -0.1) is 0 Å². The molecule has 16 nitrogen and oxygen atoms in total. The number of ether oxygens (including phenoxy) is 2. The molecular formula is C52H49F3N12O4. The fourth-order valence-electron chi connectivity index (χ4n) is 8.92. The number of carbonyl (C=O) groups excluding carboxylic acids is 2. The molecule has 0 spiro atoms. The molecule has 2 fully saturated rings. The number of piperidine rings is 2.